The molecule has 1 rings (SSSR count). The van der Waals surface area contributed by atoms with Crippen LogP contribution in [-0.2, 0) is 4.79 Å². The van der Waals surface area contributed by atoms with Gasteiger partial charge in [-0.15, -0.1) is 0 Å². The monoisotopic (exact) mass is 143 g/mol. The molecule has 4 nitrogen and oxygen atoms in total. The summed E-state index contributed by atoms with van der Waals surface area (Å²) in [5, 5.41) is 9.05. The lowest BCUT2D eigenvalue weighted by Crippen LogP contribution is -2.46. The van der Waals surface area contributed by atoms with Gasteiger partial charge in [0.25, 0.3) is 0 Å². The van der Waals surface area contributed by atoms with Crippen molar-refractivity contribution in [3.8, 4) is 0 Å². The fourth-order valence-corrected chi connectivity index (χ4v) is 1.01. The highest BCUT2D eigenvalue weighted by atomic mass is 16.1. The van der Waals surface area contributed by atoms with Gasteiger partial charge in [-0.3, -0.25) is 10.1 Å². The largest absolute Gasteiger partial charge is 0.342 e. The van der Waals surface area contributed by atoms with Crippen LogP contribution in [0.3, 0.4) is 0 Å². The van der Waals surface area contributed by atoms with E-state index >= 15 is 0 Å². The summed E-state index contributed by atoms with van der Waals surface area (Å²) in [6.45, 7) is 2.82. The molecule has 0 aliphatic carbocycles. The predicted molar refractivity (Wildman–Crippen MR) is 38.5 cm³/mol. The van der Waals surface area contributed by atoms with Gasteiger partial charge in [0.1, 0.15) is 0 Å². The van der Waals surface area contributed by atoms with Crippen LogP contribution in [0.2, 0.25) is 0 Å². The maximum atomic E-state index is 10.0. The third-order valence-electron chi connectivity index (χ3n) is 1.54. The van der Waals surface area contributed by atoms with Crippen LogP contribution in [0.25, 0.3) is 0 Å². The number of carbonyl (C=O) groups excluding carboxylic acids is 1. The first-order chi connectivity index (χ1) is 4.93. The summed E-state index contributed by atoms with van der Waals surface area (Å²) in [7, 11) is 0. The Bertz CT molecular complexity index is 99.2. The molecule has 1 saturated heterocycles. The highest BCUT2D eigenvalue weighted by molar-refractivity contribution is 5.46. The standard InChI is InChI=1S/C6H13N3O/c10-5-9-6-4-7-2-1-3-8-6/h5-8H,1-4H2,(H,9,10). The molecule has 1 unspecified atom stereocenters. The zero-order valence-corrected chi connectivity index (χ0v) is 5.89. The Hall–Kier alpha value is -0.610. The number of hydrogen-bond donors (Lipinski definition) is 3. The van der Waals surface area contributed by atoms with Crippen molar-refractivity contribution in [3.63, 3.8) is 0 Å². The molecule has 0 aromatic heterocycles. The van der Waals surface area contributed by atoms with Crippen molar-refractivity contribution in [3.05, 3.63) is 0 Å². The van der Waals surface area contributed by atoms with Crippen molar-refractivity contribution in [1.29, 1.82) is 0 Å². The molecular formula is C6H13N3O. The first-order valence-electron chi connectivity index (χ1n) is 3.57. The summed E-state index contributed by atoms with van der Waals surface area (Å²) < 4.78 is 0. The lowest BCUT2D eigenvalue weighted by Gasteiger charge is -2.13. The third kappa shape index (κ3) is 2.33. The molecule has 58 valence electrons. The Kier molecular flexibility index (Phi) is 3.18. The Morgan fingerprint density at radius 1 is 1.50 bits per heavy atom. The van der Waals surface area contributed by atoms with Crippen molar-refractivity contribution >= 4 is 6.41 Å². The summed E-state index contributed by atoms with van der Waals surface area (Å²) >= 11 is 0. The summed E-state index contributed by atoms with van der Waals surface area (Å²) in [5.41, 5.74) is 0. The molecule has 1 heterocycles. The van der Waals surface area contributed by atoms with Gasteiger partial charge in [-0.05, 0) is 19.5 Å². The van der Waals surface area contributed by atoms with Crippen molar-refractivity contribution in [1.82, 2.24) is 16.0 Å². The van der Waals surface area contributed by atoms with Gasteiger partial charge in [-0.1, -0.05) is 0 Å². The second-order valence-electron chi connectivity index (χ2n) is 2.35. The van der Waals surface area contributed by atoms with E-state index in [1.807, 2.05) is 0 Å². The van der Waals surface area contributed by atoms with Crippen LogP contribution in [0.15, 0.2) is 0 Å². The molecule has 0 radical (unpaired) electrons. The van der Waals surface area contributed by atoms with Gasteiger partial charge in [-0.2, -0.15) is 0 Å². The molecule has 10 heavy (non-hydrogen) atoms. The minimum absolute atomic E-state index is 0.111. The molecule has 1 fully saturated rings. The van der Waals surface area contributed by atoms with Crippen molar-refractivity contribution < 1.29 is 4.79 Å². The lowest BCUT2D eigenvalue weighted by atomic mass is 10.4. The summed E-state index contributed by atoms with van der Waals surface area (Å²) in [6.07, 6.45) is 1.96. The van der Waals surface area contributed by atoms with Crippen LogP contribution < -0.4 is 16.0 Å². The zero-order chi connectivity index (χ0) is 7.23. The molecular weight excluding hydrogens is 130 g/mol. The van der Waals surface area contributed by atoms with Crippen LogP contribution in [0.5, 0.6) is 0 Å². The highest BCUT2D eigenvalue weighted by Crippen LogP contribution is 1.83. The third-order valence-corrected chi connectivity index (χ3v) is 1.54. The van der Waals surface area contributed by atoms with Gasteiger partial charge < -0.3 is 10.6 Å². The van der Waals surface area contributed by atoms with Gasteiger partial charge in [0.05, 0.1) is 6.17 Å². The molecule has 0 bridgehead atoms. The van der Waals surface area contributed by atoms with Gasteiger partial charge in [-0.25, -0.2) is 0 Å². The first kappa shape index (κ1) is 7.50. The minimum Gasteiger partial charge on any atom is -0.342 e. The second kappa shape index (κ2) is 4.24. The summed E-state index contributed by atoms with van der Waals surface area (Å²) in [6, 6.07) is 0. The molecule has 0 aromatic rings. The molecule has 0 saturated carbocycles. The van der Waals surface area contributed by atoms with Crippen LogP contribution in [-0.4, -0.2) is 32.2 Å². The SMILES string of the molecule is O=CNC1CNCCCN1. The average Bonchev–Trinajstić information content (AvgIpc) is 2.17. The number of nitrogens with one attached hydrogen (secondary N) is 3. The highest BCUT2D eigenvalue weighted by Gasteiger charge is 2.07. The van der Waals surface area contributed by atoms with Crippen LogP contribution in [0.4, 0.5) is 0 Å². The minimum atomic E-state index is 0.111. The van der Waals surface area contributed by atoms with E-state index in [-0.39, 0.29) is 6.17 Å². The van der Waals surface area contributed by atoms with Crippen LogP contribution >= 0.6 is 0 Å². The van der Waals surface area contributed by atoms with Gasteiger partial charge in [0, 0.05) is 6.54 Å². The molecule has 1 atom stereocenters. The predicted octanol–water partition coefficient (Wildman–Crippen LogP) is -1.36. The molecule has 3 N–H and O–H groups in total. The molecule has 1 aliphatic heterocycles. The van der Waals surface area contributed by atoms with Crippen molar-refractivity contribution in [2.75, 3.05) is 19.6 Å². The fraction of sp³-hybridized carbons (Fsp3) is 0.833. The van der Waals surface area contributed by atoms with Crippen molar-refractivity contribution in [2.24, 2.45) is 0 Å². The number of carbonyl (C=O) groups is 1. The molecule has 0 aromatic carbocycles. The van der Waals surface area contributed by atoms with E-state index in [2.05, 4.69) is 16.0 Å². The van der Waals surface area contributed by atoms with Crippen LogP contribution in [0.1, 0.15) is 6.42 Å². The second-order valence-corrected chi connectivity index (χ2v) is 2.35. The molecule has 0 spiro atoms. The summed E-state index contributed by atoms with van der Waals surface area (Å²) in [5.74, 6) is 0. The van der Waals surface area contributed by atoms with E-state index in [9.17, 15) is 4.79 Å². The number of amides is 1. The molecule has 1 amide bonds. The van der Waals surface area contributed by atoms with E-state index in [1.165, 1.54) is 0 Å². The Balaban J connectivity index is 2.21. The Morgan fingerprint density at radius 2 is 2.40 bits per heavy atom. The van der Waals surface area contributed by atoms with E-state index in [1.54, 1.807) is 0 Å². The normalized spacial score (nSPS) is 27.0. The van der Waals surface area contributed by atoms with Crippen molar-refractivity contribution in [2.45, 2.75) is 12.6 Å². The van der Waals surface area contributed by atoms with E-state index < -0.39 is 0 Å². The topological polar surface area (TPSA) is 53.2 Å². The Labute approximate surface area is 60.4 Å². The van der Waals surface area contributed by atoms with E-state index in [0.717, 1.165) is 32.5 Å². The van der Waals surface area contributed by atoms with Gasteiger partial charge in [0.2, 0.25) is 6.41 Å². The average molecular weight is 143 g/mol. The van der Waals surface area contributed by atoms with Gasteiger partial charge >= 0.3 is 0 Å². The van der Waals surface area contributed by atoms with E-state index in [4.69, 9.17) is 0 Å². The maximum Gasteiger partial charge on any atom is 0.208 e. The summed E-state index contributed by atoms with van der Waals surface area (Å²) in [4.78, 5) is 10.0. The maximum absolute atomic E-state index is 10.0. The van der Waals surface area contributed by atoms with Gasteiger partial charge in [0.15, 0.2) is 0 Å². The van der Waals surface area contributed by atoms with E-state index in [0.29, 0.717) is 0 Å². The molecule has 1 aliphatic rings. The smallest absolute Gasteiger partial charge is 0.208 e. The lowest BCUT2D eigenvalue weighted by molar-refractivity contribution is -0.110. The zero-order valence-electron chi connectivity index (χ0n) is 5.89. The number of rotatable bonds is 2. The first-order valence-corrected chi connectivity index (χ1v) is 3.57. The molecule has 4 heteroatoms. The quantitative estimate of drug-likeness (QED) is 0.418. The van der Waals surface area contributed by atoms with Crippen LogP contribution in [0, 0.1) is 0 Å². The fourth-order valence-electron chi connectivity index (χ4n) is 1.01. The number of hydrogen-bond acceptors (Lipinski definition) is 3. The Morgan fingerprint density at radius 3 is 3.20 bits per heavy atom.